The molecule has 3 rings (SSSR count). The Morgan fingerprint density at radius 1 is 1.05 bits per heavy atom. The second kappa shape index (κ2) is 5.26. The van der Waals surface area contributed by atoms with E-state index >= 15 is 0 Å². The van der Waals surface area contributed by atoms with E-state index < -0.39 is 0 Å². The standard InChI is InChI=1S/C17H18ClN/c1-12-5-7-13(8-6-12)14-9-17(10-14)19-16-4-2-3-15(18)11-16/h2-8,11,14,17,19H,9-10H2,1H3. The first-order chi connectivity index (χ1) is 9.20. The lowest BCUT2D eigenvalue weighted by Crippen LogP contribution is -2.33. The Morgan fingerprint density at radius 3 is 2.47 bits per heavy atom. The van der Waals surface area contributed by atoms with Crippen LogP contribution in [0.15, 0.2) is 48.5 Å². The Hall–Kier alpha value is -1.47. The molecule has 1 fully saturated rings. The van der Waals surface area contributed by atoms with Crippen LogP contribution in [0, 0.1) is 6.92 Å². The fourth-order valence-corrected chi connectivity index (χ4v) is 2.85. The van der Waals surface area contributed by atoms with Crippen molar-refractivity contribution in [2.45, 2.75) is 31.7 Å². The Morgan fingerprint density at radius 2 is 1.79 bits per heavy atom. The summed E-state index contributed by atoms with van der Waals surface area (Å²) in [5.41, 5.74) is 3.92. The second-order valence-electron chi connectivity index (χ2n) is 5.43. The molecule has 0 atom stereocenters. The van der Waals surface area contributed by atoms with Gasteiger partial charge in [-0.15, -0.1) is 0 Å². The zero-order chi connectivity index (χ0) is 13.2. The molecular formula is C17H18ClN. The summed E-state index contributed by atoms with van der Waals surface area (Å²) in [6, 6.07) is 17.4. The summed E-state index contributed by atoms with van der Waals surface area (Å²) in [6.45, 7) is 2.13. The second-order valence-corrected chi connectivity index (χ2v) is 5.87. The SMILES string of the molecule is Cc1ccc(C2CC(Nc3cccc(Cl)c3)C2)cc1. The fourth-order valence-electron chi connectivity index (χ4n) is 2.66. The first-order valence-corrected chi connectivity index (χ1v) is 7.17. The molecule has 0 aliphatic heterocycles. The molecule has 0 saturated heterocycles. The van der Waals surface area contributed by atoms with E-state index in [0.717, 1.165) is 10.7 Å². The third kappa shape index (κ3) is 2.93. The van der Waals surface area contributed by atoms with Crippen molar-refractivity contribution < 1.29 is 0 Å². The number of hydrogen-bond donors (Lipinski definition) is 1. The molecule has 1 aliphatic rings. The minimum atomic E-state index is 0.574. The maximum Gasteiger partial charge on any atom is 0.0426 e. The average Bonchev–Trinajstić information content (AvgIpc) is 2.35. The predicted molar refractivity (Wildman–Crippen MR) is 82.0 cm³/mol. The van der Waals surface area contributed by atoms with Crippen molar-refractivity contribution in [1.29, 1.82) is 0 Å². The number of benzene rings is 2. The zero-order valence-corrected chi connectivity index (χ0v) is 11.8. The Labute approximate surface area is 119 Å². The van der Waals surface area contributed by atoms with Crippen LogP contribution in [0.1, 0.15) is 29.9 Å². The van der Waals surface area contributed by atoms with Crippen molar-refractivity contribution in [2.75, 3.05) is 5.32 Å². The highest BCUT2D eigenvalue weighted by Gasteiger charge is 2.29. The molecule has 2 aromatic rings. The van der Waals surface area contributed by atoms with E-state index in [9.17, 15) is 0 Å². The summed E-state index contributed by atoms with van der Waals surface area (Å²) in [4.78, 5) is 0. The van der Waals surface area contributed by atoms with Gasteiger partial charge in [0.1, 0.15) is 0 Å². The molecule has 2 aromatic carbocycles. The molecule has 0 spiro atoms. The molecule has 1 nitrogen and oxygen atoms in total. The zero-order valence-electron chi connectivity index (χ0n) is 11.1. The van der Waals surface area contributed by atoms with Gasteiger partial charge in [0.2, 0.25) is 0 Å². The van der Waals surface area contributed by atoms with Crippen LogP contribution in [0.3, 0.4) is 0 Å². The van der Waals surface area contributed by atoms with Crippen LogP contribution in [0.5, 0.6) is 0 Å². The van der Waals surface area contributed by atoms with Gasteiger partial charge in [0, 0.05) is 16.8 Å². The van der Waals surface area contributed by atoms with Crippen LogP contribution >= 0.6 is 11.6 Å². The summed E-state index contributed by atoms with van der Waals surface area (Å²) < 4.78 is 0. The fraction of sp³-hybridized carbons (Fsp3) is 0.294. The number of nitrogens with one attached hydrogen (secondary N) is 1. The van der Waals surface area contributed by atoms with Crippen molar-refractivity contribution in [3.05, 3.63) is 64.7 Å². The van der Waals surface area contributed by atoms with Gasteiger partial charge >= 0.3 is 0 Å². The van der Waals surface area contributed by atoms with Gasteiger partial charge in [-0.3, -0.25) is 0 Å². The van der Waals surface area contributed by atoms with Crippen LogP contribution in [0.25, 0.3) is 0 Å². The lowest BCUT2D eigenvalue weighted by atomic mass is 9.75. The number of anilines is 1. The molecule has 0 bridgehead atoms. The highest BCUT2D eigenvalue weighted by molar-refractivity contribution is 6.30. The highest BCUT2D eigenvalue weighted by Crippen LogP contribution is 2.38. The van der Waals surface area contributed by atoms with Crippen LogP contribution in [0.4, 0.5) is 5.69 Å². The van der Waals surface area contributed by atoms with Crippen molar-refractivity contribution in [1.82, 2.24) is 0 Å². The van der Waals surface area contributed by atoms with Crippen LogP contribution < -0.4 is 5.32 Å². The Balaban J connectivity index is 1.57. The normalized spacial score (nSPS) is 21.8. The summed E-state index contributed by atoms with van der Waals surface area (Å²) in [6.07, 6.45) is 2.41. The number of hydrogen-bond acceptors (Lipinski definition) is 1. The molecule has 0 aromatic heterocycles. The van der Waals surface area contributed by atoms with E-state index in [-0.39, 0.29) is 0 Å². The van der Waals surface area contributed by atoms with Crippen molar-refractivity contribution in [2.24, 2.45) is 0 Å². The lowest BCUT2D eigenvalue weighted by Gasteiger charge is -2.37. The maximum absolute atomic E-state index is 5.99. The Bertz CT molecular complexity index is 556. The molecular weight excluding hydrogens is 254 g/mol. The first kappa shape index (κ1) is 12.6. The van der Waals surface area contributed by atoms with E-state index in [0.29, 0.717) is 12.0 Å². The third-order valence-corrected chi connectivity index (χ3v) is 4.12. The van der Waals surface area contributed by atoms with Gasteiger partial charge in [0.05, 0.1) is 0 Å². The molecule has 19 heavy (non-hydrogen) atoms. The minimum Gasteiger partial charge on any atom is -0.382 e. The van der Waals surface area contributed by atoms with Crippen LogP contribution in [-0.2, 0) is 0 Å². The molecule has 1 N–H and O–H groups in total. The van der Waals surface area contributed by atoms with Crippen molar-refractivity contribution in [3.8, 4) is 0 Å². The molecule has 1 aliphatic carbocycles. The van der Waals surface area contributed by atoms with Crippen LogP contribution in [0.2, 0.25) is 5.02 Å². The van der Waals surface area contributed by atoms with Crippen molar-refractivity contribution >= 4 is 17.3 Å². The Kier molecular flexibility index (Phi) is 3.48. The molecule has 0 radical (unpaired) electrons. The average molecular weight is 272 g/mol. The van der Waals surface area contributed by atoms with E-state index in [4.69, 9.17) is 11.6 Å². The molecule has 2 heteroatoms. The summed E-state index contributed by atoms with van der Waals surface area (Å²) in [5, 5.41) is 4.34. The van der Waals surface area contributed by atoms with E-state index in [1.54, 1.807) is 0 Å². The number of aryl methyl sites for hydroxylation is 1. The van der Waals surface area contributed by atoms with Crippen molar-refractivity contribution in [3.63, 3.8) is 0 Å². The molecule has 0 heterocycles. The van der Waals surface area contributed by atoms with Gasteiger partial charge in [0.15, 0.2) is 0 Å². The monoisotopic (exact) mass is 271 g/mol. The van der Waals surface area contributed by atoms with E-state index in [2.05, 4.69) is 42.6 Å². The van der Waals surface area contributed by atoms with Gasteiger partial charge in [-0.1, -0.05) is 47.5 Å². The summed E-state index contributed by atoms with van der Waals surface area (Å²) in [5.74, 6) is 0.706. The smallest absolute Gasteiger partial charge is 0.0426 e. The van der Waals surface area contributed by atoms with E-state index in [1.807, 2.05) is 18.2 Å². The maximum atomic E-state index is 5.99. The topological polar surface area (TPSA) is 12.0 Å². The van der Waals surface area contributed by atoms with E-state index in [1.165, 1.54) is 24.0 Å². The summed E-state index contributed by atoms with van der Waals surface area (Å²) in [7, 11) is 0. The van der Waals surface area contributed by atoms with Gasteiger partial charge in [-0.05, 0) is 49.4 Å². The predicted octanol–water partition coefficient (Wildman–Crippen LogP) is 5.01. The quantitative estimate of drug-likeness (QED) is 0.828. The molecule has 0 unspecified atom stereocenters. The molecule has 0 amide bonds. The lowest BCUT2D eigenvalue weighted by molar-refractivity contribution is 0.374. The number of halogens is 1. The van der Waals surface area contributed by atoms with Gasteiger partial charge in [0.25, 0.3) is 0 Å². The largest absolute Gasteiger partial charge is 0.382 e. The summed E-state index contributed by atoms with van der Waals surface area (Å²) >= 11 is 5.99. The number of rotatable bonds is 3. The third-order valence-electron chi connectivity index (χ3n) is 3.88. The minimum absolute atomic E-state index is 0.574. The van der Waals surface area contributed by atoms with Gasteiger partial charge in [-0.25, -0.2) is 0 Å². The van der Waals surface area contributed by atoms with Gasteiger partial charge < -0.3 is 5.32 Å². The highest BCUT2D eigenvalue weighted by atomic mass is 35.5. The van der Waals surface area contributed by atoms with Crippen LogP contribution in [-0.4, -0.2) is 6.04 Å². The molecule has 1 saturated carbocycles. The van der Waals surface area contributed by atoms with Gasteiger partial charge in [-0.2, -0.15) is 0 Å². The molecule has 98 valence electrons. The first-order valence-electron chi connectivity index (χ1n) is 6.79.